The number of aromatic amines is 1. The largest absolute Gasteiger partial charge is 0.477 e. The van der Waals surface area contributed by atoms with Gasteiger partial charge in [0.15, 0.2) is 10.6 Å². The third-order valence-corrected chi connectivity index (χ3v) is 5.64. The topological polar surface area (TPSA) is 70.9 Å². The first-order chi connectivity index (χ1) is 12.0. The number of benzene rings is 2. The van der Waals surface area contributed by atoms with Crippen LogP contribution in [0.3, 0.4) is 0 Å². The number of aromatic carboxylic acids is 1. The van der Waals surface area contributed by atoms with Crippen LogP contribution in [-0.2, 0) is 0 Å². The Hall–Kier alpha value is -2.29. The lowest BCUT2D eigenvalue weighted by molar-refractivity contribution is 0.0702. The van der Waals surface area contributed by atoms with Gasteiger partial charge in [-0.2, -0.15) is 5.10 Å². The Balaban J connectivity index is 1.88. The van der Waals surface area contributed by atoms with Crippen LogP contribution in [0.15, 0.2) is 53.0 Å². The molecule has 0 atom stereocenters. The Morgan fingerprint density at radius 3 is 2.68 bits per heavy atom. The molecular weight excluding hydrogens is 422 g/mol. The maximum atomic E-state index is 11.2. The predicted octanol–water partition coefficient (Wildman–Crippen LogP) is 5.27. The zero-order valence-corrected chi connectivity index (χ0v) is 15.8. The van der Waals surface area contributed by atoms with Gasteiger partial charge in [0.05, 0.1) is 5.69 Å². The van der Waals surface area contributed by atoms with Gasteiger partial charge in [-0.05, 0) is 47.9 Å². The molecule has 124 valence electrons. The quantitative estimate of drug-likeness (QED) is 0.433. The third-order valence-electron chi connectivity index (χ3n) is 3.75. The van der Waals surface area contributed by atoms with E-state index in [0.717, 1.165) is 25.8 Å². The minimum Gasteiger partial charge on any atom is -0.477 e. The maximum Gasteiger partial charge on any atom is 0.345 e. The zero-order valence-electron chi connectivity index (χ0n) is 12.6. The lowest BCUT2D eigenvalue weighted by atomic mass is 10.2. The second-order valence-electron chi connectivity index (χ2n) is 5.33. The molecule has 25 heavy (non-hydrogen) atoms. The van der Waals surface area contributed by atoms with Crippen molar-refractivity contribution in [3.63, 3.8) is 0 Å². The van der Waals surface area contributed by atoms with Crippen molar-refractivity contribution < 1.29 is 9.90 Å². The Bertz CT molecular complexity index is 1160. The monoisotopic (exact) mass is 431 g/mol. The van der Waals surface area contributed by atoms with Crippen molar-refractivity contribution in [3.05, 3.63) is 62.7 Å². The zero-order chi connectivity index (χ0) is 17.6. The molecular formula is C17H10BrN3O2S2. The van der Waals surface area contributed by atoms with E-state index in [2.05, 4.69) is 26.1 Å². The second-order valence-corrected chi connectivity index (χ2v) is 7.72. The van der Waals surface area contributed by atoms with E-state index >= 15 is 0 Å². The van der Waals surface area contributed by atoms with Crippen LogP contribution < -0.4 is 0 Å². The number of nitrogens with zero attached hydrogens (tertiary/aromatic N) is 2. The Labute approximate surface area is 159 Å². The van der Waals surface area contributed by atoms with Crippen LogP contribution in [0, 0.1) is 4.77 Å². The average molecular weight is 432 g/mol. The number of carbonyl (C=O) groups is 1. The molecule has 4 aromatic rings. The number of fused-ring (bicyclic) bond motifs is 1. The Kier molecular flexibility index (Phi) is 4.03. The fraction of sp³-hybridized carbons (Fsp3) is 0. The minimum absolute atomic E-state index is 0.316. The first kappa shape index (κ1) is 16.2. The molecule has 0 aliphatic heterocycles. The molecule has 0 aliphatic carbocycles. The smallest absolute Gasteiger partial charge is 0.345 e. The Morgan fingerprint density at radius 1 is 1.20 bits per heavy atom. The molecule has 0 aliphatic rings. The molecule has 2 heterocycles. The van der Waals surface area contributed by atoms with Crippen molar-refractivity contribution >= 4 is 55.5 Å². The van der Waals surface area contributed by atoms with Gasteiger partial charge in [-0.15, -0.1) is 11.3 Å². The summed E-state index contributed by atoms with van der Waals surface area (Å²) in [6.45, 7) is 0. The highest BCUT2D eigenvalue weighted by atomic mass is 79.9. The molecule has 4 rings (SSSR count). The van der Waals surface area contributed by atoms with Gasteiger partial charge in [0.1, 0.15) is 4.88 Å². The van der Waals surface area contributed by atoms with Gasteiger partial charge in [-0.1, -0.05) is 34.1 Å². The van der Waals surface area contributed by atoms with E-state index < -0.39 is 5.97 Å². The van der Waals surface area contributed by atoms with Crippen LogP contribution in [0.5, 0.6) is 0 Å². The lowest BCUT2D eigenvalue weighted by Gasteiger charge is -2.07. The lowest BCUT2D eigenvalue weighted by Crippen LogP contribution is -1.97. The summed E-state index contributed by atoms with van der Waals surface area (Å²) in [5.74, 6) is -0.218. The predicted molar refractivity (Wildman–Crippen MR) is 104 cm³/mol. The standard InChI is InChI=1S/C17H10BrN3O2S2/c18-11-4-1-9(2-5-11)15-19-20-17(24)21(15)12-6-3-10-7-14(16(22)23)25-13(10)8-12/h1-8H,(H,20,24)(H,22,23). The second kappa shape index (κ2) is 6.21. The fourth-order valence-electron chi connectivity index (χ4n) is 2.59. The summed E-state index contributed by atoms with van der Waals surface area (Å²) in [7, 11) is 0. The van der Waals surface area contributed by atoms with Crippen molar-refractivity contribution in [2.75, 3.05) is 0 Å². The highest BCUT2D eigenvalue weighted by Gasteiger charge is 2.13. The molecule has 2 N–H and O–H groups in total. The van der Waals surface area contributed by atoms with Crippen molar-refractivity contribution in [2.24, 2.45) is 0 Å². The van der Waals surface area contributed by atoms with Crippen molar-refractivity contribution in [2.45, 2.75) is 0 Å². The number of aromatic nitrogens is 3. The van der Waals surface area contributed by atoms with Crippen LogP contribution in [0.1, 0.15) is 9.67 Å². The van der Waals surface area contributed by atoms with Gasteiger partial charge in [-0.3, -0.25) is 9.67 Å². The molecule has 0 unspecified atom stereocenters. The summed E-state index contributed by atoms with van der Waals surface area (Å²) >= 11 is 10.1. The van der Waals surface area contributed by atoms with E-state index in [9.17, 15) is 4.79 Å². The highest BCUT2D eigenvalue weighted by Crippen LogP contribution is 2.30. The fourth-order valence-corrected chi connectivity index (χ4v) is 4.03. The number of carboxylic acid groups (broad SMARTS) is 1. The molecule has 0 amide bonds. The van der Waals surface area contributed by atoms with Crippen molar-refractivity contribution in [1.82, 2.24) is 14.8 Å². The molecule has 2 aromatic heterocycles. The number of hydrogen-bond donors (Lipinski definition) is 2. The van der Waals surface area contributed by atoms with Gasteiger partial charge in [-0.25, -0.2) is 4.79 Å². The van der Waals surface area contributed by atoms with E-state index in [1.807, 2.05) is 47.0 Å². The first-order valence-corrected chi connectivity index (χ1v) is 9.25. The number of thiophene rings is 1. The molecule has 0 fully saturated rings. The van der Waals surface area contributed by atoms with E-state index in [4.69, 9.17) is 17.3 Å². The normalized spacial score (nSPS) is 11.1. The summed E-state index contributed by atoms with van der Waals surface area (Å²) < 4.78 is 4.20. The molecule has 5 nitrogen and oxygen atoms in total. The van der Waals surface area contributed by atoms with Gasteiger partial charge < -0.3 is 5.11 Å². The molecule has 0 radical (unpaired) electrons. The van der Waals surface area contributed by atoms with E-state index in [0.29, 0.717) is 15.5 Å². The Morgan fingerprint density at radius 2 is 1.96 bits per heavy atom. The first-order valence-electron chi connectivity index (χ1n) is 7.23. The molecule has 0 saturated carbocycles. The van der Waals surface area contributed by atoms with Crippen LogP contribution >= 0.6 is 39.5 Å². The summed E-state index contributed by atoms with van der Waals surface area (Å²) in [5, 5.41) is 17.2. The van der Waals surface area contributed by atoms with Crippen molar-refractivity contribution in [1.29, 1.82) is 0 Å². The SMILES string of the molecule is O=C(O)c1cc2ccc(-n3c(-c4ccc(Br)cc4)n[nH]c3=S)cc2s1. The van der Waals surface area contributed by atoms with E-state index in [1.54, 1.807) is 6.07 Å². The number of rotatable bonds is 3. The summed E-state index contributed by atoms with van der Waals surface area (Å²) in [5.41, 5.74) is 1.76. The van der Waals surface area contributed by atoms with Gasteiger partial charge >= 0.3 is 5.97 Å². The number of H-pyrrole nitrogens is 1. The van der Waals surface area contributed by atoms with E-state index in [1.165, 1.54) is 11.3 Å². The van der Waals surface area contributed by atoms with Crippen LogP contribution in [-0.4, -0.2) is 25.8 Å². The molecule has 0 bridgehead atoms. The number of hydrogen-bond acceptors (Lipinski definition) is 4. The van der Waals surface area contributed by atoms with E-state index in [-0.39, 0.29) is 0 Å². The third kappa shape index (κ3) is 2.92. The summed E-state index contributed by atoms with van der Waals surface area (Å²) in [6.07, 6.45) is 0. The summed E-state index contributed by atoms with van der Waals surface area (Å²) in [6, 6.07) is 15.2. The van der Waals surface area contributed by atoms with Gasteiger partial charge in [0.2, 0.25) is 0 Å². The summed E-state index contributed by atoms with van der Waals surface area (Å²) in [4.78, 5) is 11.5. The van der Waals surface area contributed by atoms with Crippen LogP contribution in [0.4, 0.5) is 0 Å². The number of halogens is 1. The molecule has 8 heteroatoms. The number of carboxylic acids is 1. The minimum atomic E-state index is -0.918. The van der Waals surface area contributed by atoms with Crippen LogP contribution in [0.25, 0.3) is 27.2 Å². The number of nitrogens with one attached hydrogen (secondary N) is 1. The highest BCUT2D eigenvalue weighted by molar-refractivity contribution is 9.10. The van der Waals surface area contributed by atoms with Crippen molar-refractivity contribution in [3.8, 4) is 17.1 Å². The molecule has 0 saturated heterocycles. The maximum absolute atomic E-state index is 11.2. The molecule has 0 spiro atoms. The molecule has 2 aromatic carbocycles. The van der Waals surface area contributed by atoms with Gasteiger partial charge in [0.25, 0.3) is 0 Å². The average Bonchev–Trinajstić information content (AvgIpc) is 3.18. The van der Waals surface area contributed by atoms with Gasteiger partial charge in [0, 0.05) is 14.7 Å². The van der Waals surface area contributed by atoms with Crippen LogP contribution in [0.2, 0.25) is 0 Å².